The number of nitrogens with two attached hydrogens (primary N) is 1. The van der Waals surface area contributed by atoms with Crippen LogP contribution in [0, 0.1) is 11.8 Å². The number of fused-ring (bicyclic) bond motifs is 2. The van der Waals surface area contributed by atoms with Gasteiger partial charge in [0.05, 0.1) is 31.5 Å². The van der Waals surface area contributed by atoms with Crippen molar-refractivity contribution in [3.05, 3.63) is 0 Å². The first kappa shape index (κ1) is 37.3. The van der Waals surface area contributed by atoms with Gasteiger partial charge in [0.15, 0.2) is 12.2 Å². The summed E-state index contributed by atoms with van der Waals surface area (Å²) in [5.41, 5.74) is 5.94. The van der Waals surface area contributed by atoms with Gasteiger partial charge in [-0.1, -0.05) is 27.7 Å². The second-order valence-corrected chi connectivity index (χ2v) is 13.9. The summed E-state index contributed by atoms with van der Waals surface area (Å²) >= 11 is 0. The molecule has 4 rings (SSSR count). The fourth-order valence-electron chi connectivity index (χ4n) is 6.59. The second-order valence-electron chi connectivity index (χ2n) is 13.9. The molecule has 10 N–H and O–H groups in total. The Morgan fingerprint density at radius 2 is 1.19 bits per heavy atom. The van der Waals surface area contributed by atoms with Gasteiger partial charge in [-0.25, -0.2) is 4.79 Å². The maximum atomic E-state index is 13.5. The van der Waals surface area contributed by atoms with Gasteiger partial charge < -0.3 is 66.2 Å². The Balaban J connectivity index is 1.38. The lowest BCUT2D eigenvalue weighted by Gasteiger charge is -2.46. The summed E-state index contributed by atoms with van der Waals surface area (Å²) in [7, 11) is 0. The summed E-state index contributed by atoms with van der Waals surface area (Å²) in [5.74, 6) is -3.62. The number of nitrogens with one attached hydrogen (secondary N) is 3. The Hall–Kier alpha value is -2.48. The Kier molecular flexibility index (Phi) is 12.6. The number of aliphatic hydroxyl groups excluding tert-OH is 4. The lowest BCUT2D eigenvalue weighted by Crippen LogP contribution is -2.67. The number of carbonyl (C=O) groups is 4. The summed E-state index contributed by atoms with van der Waals surface area (Å²) in [6.45, 7) is 7.39. The van der Waals surface area contributed by atoms with Gasteiger partial charge in [-0.3, -0.25) is 14.4 Å². The number of carboxylic acid groups (broad SMARTS) is 1. The van der Waals surface area contributed by atoms with Gasteiger partial charge >= 0.3 is 5.97 Å². The average molecular weight is 675 g/mol. The minimum absolute atomic E-state index is 0.0437. The van der Waals surface area contributed by atoms with E-state index >= 15 is 0 Å². The van der Waals surface area contributed by atoms with Crippen LogP contribution in [-0.2, 0) is 38.1 Å². The minimum Gasteiger partial charge on any atom is -0.480 e. The summed E-state index contributed by atoms with van der Waals surface area (Å²) in [4.78, 5) is 51.4. The van der Waals surface area contributed by atoms with Gasteiger partial charge in [0.2, 0.25) is 5.91 Å². The first-order chi connectivity index (χ1) is 22.1. The number of amides is 3. The molecule has 17 heteroatoms. The van der Waals surface area contributed by atoms with Crippen molar-refractivity contribution in [2.45, 2.75) is 139 Å². The van der Waals surface area contributed by atoms with E-state index in [4.69, 9.17) is 24.7 Å². The molecular weight excluding hydrogens is 624 g/mol. The van der Waals surface area contributed by atoms with Crippen LogP contribution < -0.4 is 21.7 Å². The molecule has 4 fully saturated rings. The number of aliphatic hydroxyl groups is 4. The van der Waals surface area contributed by atoms with E-state index in [0.717, 1.165) is 0 Å². The van der Waals surface area contributed by atoms with Crippen molar-refractivity contribution in [3.63, 3.8) is 0 Å². The van der Waals surface area contributed by atoms with Crippen LogP contribution in [0.15, 0.2) is 0 Å². The molecule has 0 spiro atoms. The third kappa shape index (κ3) is 8.96. The van der Waals surface area contributed by atoms with Gasteiger partial charge in [0.1, 0.15) is 48.7 Å². The summed E-state index contributed by atoms with van der Waals surface area (Å²) < 4.78 is 22.9. The van der Waals surface area contributed by atoms with E-state index in [1.807, 2.05) is 13.8 Å². The highest BCUT2D eigenvalue weighted by Crippen LogP contribution is 2.31. The molecule has 4 saturated heterocycles. The molecule has 0 aromatic heterocycles. The van der Waals surface area contributed by atoms with Crippen molar-refractivity contribution >= 4 is 23.7 Å². The van der Waals surface area contributed by atoms with Crippen LogP contribution in [0.4, 0.5) is 0 Å². The quantitative estimate of drug-likeness (QED) is 0.103. The van der Waals surface area contributed by atoms with E-state index in [9.17, 15) is 44.7 Å². The van der Waals surface area contributed by atoms with E-state index in [0.29, 0.717) is 6.42 Å². The van der Waals surface area contributed by atoms with Crippen LogP contribution in [-0.4, -0.2) is 148 Å². The zero-order chi connectivity index (χ0) is 34.7. The smallest absolute Gasteiger partial charge is 0.326 e. The molecule has 0 bridgehead atoms. The Labute approximate surface area is 272 Å². The number of rotatable bonds is 11. The molecule has 0 aromatic carbocycles. The number of carbonyl (C=O) groups excluding carboxylic acids is 3. The van der Waals surface area contributed by atoms with E-state index in [2.05, 4.69) is 16.0 Å². The van der Waals surface area contributed by atoms with E-state index in [1.54, 1.807) is 13.8 Å². The third-order valence-electron chi connectivity index (χ3n) is 8.94. The largest absolute Gasteiger partial charge is 0.480 e. The molecule has 4 aliphatic heterocycles. The predicted octanol–water partition coefficient (Wildman–Crippen LogP) is -3.50. The molecule has 268 valence electrons. The lowest BCUT2D eigenvalue weighted by molar-refractivity contribution is -0.249. The van der Waals surface area contributed by atoms with Crippen LogP contribution in [0.2, 0.25) is 0 Å². The molecule has 47 heavy (non-hydrogen) atoms. The Bertz CT molecular complexity index is 1130. The molecule has 4 heterocycles. The Morgan fingerprint density at radius 3 is 1.70 bits per heavy atom. The van der Waals surface area contributed by atoms with Crippen LogP contribution >= 0.6 is 0 Å². The zero-order valence-corrected chi connectivity index (χ0v) is 27.1. The van der Waals surface area contributed by atoms with Crippen LogP contribution in [0.5, 0.6) is 0 Å². The van der Waals surface area contributed by atoms with Crippen molar-refractivity contribution < 1.29 is 63.7 Å². The molecule has 17 nitrogen and oxygen atoms in total. The number of hydrogen-bond acceptors (Lipinski definition) is 13. The highest BCUT2D eigenvalue weighted by molar-refractivity contribution is 5.90. The molecule has 0 radical (unpaired) electrons. The Morgan fingerprint density at radius 1 is 0.723 bits per heavy atom. The molecule has 0 saturated carbocycles. The molecule has 0 unspecified atom stereocenters. The standard InChI is InChI=1S/C30H50N4O13/c1-11(2)5-15(33-28(40)25-21(37)19(35)23-17(46-25)7-13(31)9-44-23)27(39)32-14-8-18-24(45-10-14)20(36)22(38)26(47-18)29(41)34-16(30(42)43)6-12(3)4/h11-26,35-38H,5-10,31H2,1-4H3,(H,32,39)(H,33,40)(H,34,41)(H,42,43)/t13-,14-,15-,16-,17-,18-,19-,20-,21-,22-,23-,24-,25-,26-/m0/s1. The van der Waals surface area contributed by atoms with Crippen molar-refractivity contribution in [1.82, 2.24) is 16.0 Å². The first-order valence-electron chi connectivity index (χ1n) is 16.2. The monoisotopic (exact) mass is 674 g/mol. The molecule has 4 aliphatic rings. The van der Waals surface area contributed by atoms with Crippen molar-refractivity contribution in [2.24, 2.45) is 17.6 Å². The maximum absolute atomic E-state index is 13.5. The molecule has 3 amide bonds. The SMILES string of the molecule is CC(C)C[C@H](NC(=O)[C@H]1O[C@H]2C[C@H](NC(=O)[C@H](CC(C)C)NC(=O)[C@H]3O[C@H]4C[C@H](N)CO[C@@H]4[C@@H](O)[C@@H]3O)CO[C@@H]2[C@@H](O)[C@@H]1O)C(=O)O. The molecular formula is C30H50N4O13. The number of ether oxygens (including phenoxy) is 4. The highest BCUT2D eigenvalue weighted by atomic mass is 16.6. The molecule has 14 atom stereocenters. The first-order valence-corrected chi connectivity index (χ1v) is 16.2. The highest BCUT2D eigenvalue weighted by Gasteiger charge is 2.52. The van der Waals surface area contributed by atoms with Crippen LogP contribution in [0.25, 0.3) is 0 Å². The van der Waals surface area contributed by atoms with Gasteiger partial charge in [-0.05, 0) is 37.5 Å². The van der Waals surface area contributed by atoms with E-state index in [1.165, 1.54) is 0 Å². The second kappa shape index (κ2) is 15.8. The van der Waals surface area contributed by atoms with Gasteiger partial charge in [0, 0.05) is 6.04 Å². The van der Waals surface area contributed by atoms with Crippen molar-refractivity contribution in [2.75, 3.05) is 13.2 Å². The lowest BCUT2D eigenvalue weighted by atomic mass is 9.88. The van der Waals surface area contributed by atoms with Crippen LogP contribution in [0.3, 0.4) is 0 Å². The fourth-order valence-corrected chi connectivity index (χ4v) is 6.59. The average Bonchev–Trinajstić information content (AvgIpc) is 2.99. The number of carboxylic acids is 1. The van der Waals surface area contributed by atoms with Gasteiger partial charge in [-0.2, -0.15) is 0 Å². The van der Waals surface area contributed by atoms with Gasteiger partial charge in [-0.15, -0.1) is 0 Å². The predicted molar refractivity (Wildman–Crippen MR) is 160 cm³/mol. The van der Waals surface area contributed by atoms with Crippen molar-refractivity contribution in [1.29, 1.82) is 0 Å². The number of hydrogen-bond donors (Lipinski definition) is 9. The summed E-state index contributed by atoms with van der Waals surface area (Å²) in [6, 6.07) is -3.35. The summed E-state index contributed by atoms with van der Waals surface area (Å²) in [5, 5.41) is 59.9. The van der Waals surface area contributed by atoms with Crippen LogP contribution in [0.1, 0.15) is 53.4 Å². The fraction of sp³-hybridized carbons (Fsp3) is 0.867. The minimum atomic E-state index is -1.69. The number of aliphatic carboxylic acids is 1. The topological polar surface area (TPSA) is 268 Å². The normalized spacial score (nSPS) is 38.4. The van der Waals surface area contributed by atoms with E-state index in [-0.39, 0.29) is 50.4 Å². The van der Waals surface area contributed by atoms with Crippen molar-refractivity contribution in [3.8, 4) is 0 Å². The molecule has 0 aromatic rings. The van der Waals surface area contributed by atoms with Gasteiger partial charge in [0.25, 0.3) is 11.8 Å². The maximum Gasteiger partial charge on any atom is 0.326 e. The van der Waals surface area contributed by atoms with E-state index < -0.39 is 103 Å². The molecule has 0 aliphatic carbocycles. The summed E-state index contributed by atoms with van der Waals surface area (Å²) in [6.07, 6.45) is -12.1. The zero-order valence-electron chi connectivity index (χ0n) is 27.1. The third-order valence-corrected chi connectivity index (χ3v) is 8.94.